The SMILES string of the molecule is CCC(CC1CC1)NCC(=O)N(C)CC. The lowest BCUT2D eigenvalue weighted by Crippen LogP contribution is -2.40. The molecule has 88 valence electrons. The molecule has 0 aliphatic heterocycles. The standard InChI is InChI=1S/C12H24N2O/c1-4-11(8-10-6-7-10)13-9-12(15)14(3)5-2/h10-11,13H,4-9H2,1-3H3. The summed E-state index contributed by atoms with van der Waals surface area (Å²) in [4.78, 5) is 13.3. The predicted molar refractivity (Wildman–Crippen MR) is 62.7 cm³/mol. The topological polar surface area (TPSA) is 32.3 Å². The molecule has 1 amide bonds. The van der Waals surface area contributed by atoms with Gasteiger partial charge in [0.1, 0.15) is 0 Å². The van der Waals surface area contributed by atoms with Crippen molar-refractivity contribution in [1.29, 1.82) is 0 Å². The zero-order valence-electron chi connectivity index (χ0n) is 10.3. The molecule has 0 aromatic rings. The van der Waals surface area contributed by atoms with E-state index in [1.807, 2.05) is 14.0 Å². The monoisotopic (exact) mass is 212 g/mol. The van der Waals surface area contributed by atoms with Gasteiger partial charge in [-0.25, -0.2) is 0 Å². The Balaban J connectivity index is 2.17. The van der Waals surface area contributed by atoms with Gasteiger partial charge in [-0.2, -0.15) is 0 Å². The molecular formula is C12H24N2O. The number of hydrogen-bond acceptors (Lipinski definition) is 2. The Morgan fingerprint density at radius 1 is 1.47 bits per heavy atom. The molecular weight excluding hydrogens is 188 g/mol. The maximum Gasteiger partial charge on any atom is 0.236 e. The fourth-order valence-electron chi connectivity index (χ4n) is 1.69. The van der Waals surface area contributed by atoms with Crippen molar-refractivity contribution >= 4 is 5.91 Å². The number of nitrogens with zero attached hydrogens (tertiary/aromatic N) is 1. The summed E-state index contributed by atoms with van der Waals surface area (Å²) >= 11 is 0. The van der Waals surface area contributed by atoms with Gasteiger partial charge in [0.25, 0.3) is 0 Å². The molecule has 1 N–H and O–H groups in total. The molecule has 1 atom stereocenters. The van der Waals surface area contributed by atoms with Gasteiger partial charge >= 0.3 is 0 Å². The van der Waals surface area contributed by atoms with Crippen molar-refractivity contribution in [2.24, 2.45) is 5.92 Å². The van der Waals surface area contributed by atoms with Crippen LogP contribution in [0.5, 0.6) is 0 Å². The third kappa shape index (κ3) is 4.65. The molecule has 1 fully saturated rings. The van der Waals surface area contributed by atoms with E-state index in [1.165, 1.54) is 19.3 Å². The van der Waals surface area contributed by atoms with Crippen LogP contribution in [-0.2, 0) is 4.79 Å². The van der Waals surface area contributed by atoms with Gasteiger partial charge in [-0.15, -0.1) is 0 Å². The van der Waals surface area contributed by atoms with Crippen molar-refractivity contribution in [2.75, 3.05) is 20.1 Å². The number of hydrogen-bond donors (Lipinski definition) is 1. The van der Waals surface area contributed by atoms with Crippen molar-refractivity contribution in [2.45, 2.75) is 45.6 Å². The Labute approximate surface area is 93.2 Å². The van der Waals surface area contributed by atoms with Crippen LogP contribution in [0.4, 0.5) is 0 Å². The van der Waals surface area contributed by atoms with Crippen molar-refractivity contribution in [3.05, 3.63) is 0 Å². The highest BCUT2D eigenvalue weighted by atomic mass is 16.2. The van der Waals surface area contributed by atoms with E-state index in [0.717, 1.165) is 18.9 Å². The van der Waals surface area contributed by atoms with Crippen LogP contribution in [0, 0.1) is 5.92 Å². The smallest absolute Gasteiger partial charge is 0.236 e. The Hall–Kier alpha value is -0.570. The first-order valence-electron chi connectivity index (χ1n) is 6.14. The second-order valence-corrected chi connectivity index (χ2v) is 4.57. The molecule has 1 rings (SSSR count). The number of carbonyl (C=O) groups is 1. The maximum atomic E-state index is 11.6. The van der Waals surface area contributed by atoms with Gasteiger partial charge in [0.2, 0.25) is 5.91 Å². The van der Waals surface area contributed by atoms with Crippen molar-refractivity contribution in [1.82, 2.24) is 10.2 Å². The molecule has 0 spiro atoms. The zero-order chi connectivity index (χ0) is 11.3. The van der Waals surface area contributed by atoms with Gasteiger partial charge in [0, 0.05) is 19.6 Å². The van der Waals surface area contributed by atoms with Crippen molar-refractivity contribution < 1.29 is 4.79 Å². The van der Waals surface area contributed by atoms with Crippen LogP contribution in [0.1, 0.15) is 39.5 Å². The van der Waals surface area contributed by atoms with Crippen LogP contribution in [0.25, 0.3) is 0 Å². The minimum Gasteiger partial charge on any atom is -0.345 e. The molecule has 1 aliphatic carbocycles. The highest BCUT2D eigenvalue weighted by Gasteiger charge is 2.24. The molecule has 1 saturated carbocycles. The van der Waals surface area contributed by atoms with Crippen LogP contribution in [0.2, 0.25) is 0 Å². The summed E-state index contributed by atoms with van der Waals surface area (Å²) in [6, 6.07) is 0.534. The van der Waals surface area contributed by atoms with E-state index < -0.39 is 0 Å². The molecule has 1 unspecified atom stereocenters. The molecule has 3 heteroatoms. The van der Waals surface area contributed by atoms with Crippen molar-refractivity contribution in [3.63, 3.8) is 0 Å². The summed E-state index contributed by atoms with van der Waals surface area (Å²) in [7, 11) is 1.85. The van der Waals surface area contributed by atoms with E-state index in [-0.39, 0.29) is 5.91 Å². The van der Waals surface area contributed by atoms with Gasteiger partial charge in [-0.3, -0.25) is 4.79 Å². The van der Waals surface area contributed by atoms with Crippen LogP contribution >= 0.6 is 0 Å². The fraction of sp³-hybridized carbons (Fsp3) is 0.917. The van der Waals surface area contributed by atoms with E-state index in [4.69, 9.17) is 0 Å². The molecule has 0 aromatic heterocycles. The van der Waals surface area contributed by atoms with Gasteiger partial charge < -0.3 is 10.2 Å². The summed E-state index contributed by atoms with van der Waals surface area (Å²) < 4.78 is 0. The van der Waals surface area contributed by atoms with Crippen molar-refractivity contribution in [3.8, 4) is 0 Å². The number of amides is 1. The molecule has 1 aliphatic rings. The zero-order valence-corrected chi connectivity index (χ0v) is 10.3. The third-order valence-corrected chi connectivity index (χ3v) is 3.25. The van der Waals surface area contributed by atoms with Gasteiger partial charge in [-0.05, 0) is 25.7 Å². The lowest BCUT2D eigenvalue weighted by Gasteiger charge is -2.19. The molecule has 0 aromatic carbocycles. The average molecular weight is 212 g/mol. The summed E-state index contributed by atoms with van der Waals surface area (Å²) in [5, 5.41) is 3.36. The summed E-state index contributed by atoms with van der Waals surface area (Å²) in [5.41, 5.74) is 0. The molecule has 0 saturated heterocycles. The minimum absolute atomic E-state index is 0.201. The van der Waals surface area contributed by atoms with Crippen LogP contribution < -0.4 is 5.32 Å². The number of carbonyl (C=O) groups excluding carboxylic acids is 1. The fourth-order valence-corrected chi connectivity index (χ4v) is 1.69. The third-order valence-electron chi connectivity index (χ3n) is 3.25. The van der Waals surface area contributed by atoms with Gasteiger partial charge in [-0.1, -0.05) is 19.8 Å². The highest BCUT2D eigenvalue weighted by molar-refractivity contribution is 5.77. The Morgan fingerprint density at radius 3 is 2.60 bits per heavy atom. The maximum absolute atomic E-state index is 11.6. The largest absolute Gasteiger partial charge is 0.345 e. The summed E-state index contributed by atoms with van der Waals surface area (Å²) in [6.45, 7) is 5.48. The molecule has 3 nitrogen and oxygen atoms in total. The van der Waals surface area contributed by atoms with Gasteiger partial charge in [0.15, 0.2) is 0 Å². The van der Waals surface area contributed by atoms with Gasteiger partial charge in [0.05, 0.1) is 6.54 Å². The van der Waals surface area contributed by atoms with Crippen LogP contribution in [0.15, 0.2) is 0 Å². The second kappa shape index (κ2) is 6.11. The lowest BCUT2D eigenvalue weighted by molar-refractivity contribution is -0.128. The normalized spacial score (nSPS) is 17.5. The number of likely N-dealkylation sites (N-methyl/N-ethyl adjacent to an activating group) is 1. The average Bonchev–Trinajstić information content (AvgIpc) is 3.06. The van der Waals surface area contributed by atoms with E-state index in [2.05, 4.69) is 12.2 Å². The predicted octanol–water partition coefficient (Wildman–Crippen LogP) is 1.63. The van der Waals surface area contributed by atoms with E-state index in [1.54, 1.807) is 4.90 Å². The second-order valence-electron chi connectivity index (χ2n) is 4.57. The first-order chi connectivity index (χ1) is 7.17. The van der Waals surface area contributed by atoms with Crippen LogP contribution in [-0.4, -0.2) is 37.0 Å². The molecule has 0 bridgehead atoms. The quantitative estimate of drug-likeness (QED) is 0.695. The summed E-state index contributed by atoms with van der Waals surface area (Å²) in [5.74, 6) is 1.13. The first-order valence-corrected chi connectivity index (χ1v) is 6.14. The minimum atomic E-state index is 0.201. The summed E-state index contributed by atoms with van der Waals surface area (Å²) in [6.07, 6.45) is 5.15. The number of rotatable bonds is 7. The van der Waals surface area contributed by atoms with Crippen LogP contribution in [0.3, 0.4) is 0 Å². The first kappa shape index (κ1) is 12.5. The number of nitrogens with one attached hydrogen (secondary N) is 1. The highest BCUT2D eigenvalue weighted by Crippen LogP contribution is 2.33. The Morgan fingerprint density at radius 2 is 2.13 bits per heavy atom. The van der Waals surface area contributed by atoms with E-state index in [9.17, 15) is 4.79 Å². The molecule has 0 heterocycles. The Bertz CT molecular complexity index is 202. The van der Waals surface area contributed by atoms with E-state index in [0.29, 0.717) is 12.6 Å². The lowest BCUT2D eigenvalue weighted by atomic mass is 10.1. The molecule has 0 radical (unpaired) electrons. The van der Waals surface area contributed by atoms with E-state index >= 15 is 0 Å². The molecule has 15 heavy (non-hydrogen) atoms. The Kier molecular flexibility index (Phi) is 5.09.